The number of rotatable bonds is 5. The van der Waals surface area contributed by atoms with Crippen LogP contribution in [0.1, 0.15) is 21.8 Å². The summed E-state index contributed by atoms with van der Waals surface area (Å²) in [4.78, 5) is 29.6. The van der Waals surface area contributed by atoms with Crippen LogP contribution in [0.5, 0.6) is 0 Å². The Morgan fingerprint density at radius 3 is 2.28 bits per heavy atom. The van der Waals surface area contributed by atoms with Crippen molar-refractivity contribution in [2.75, 3.05) is 10.6 Å². The maximum atomic E-state index is 12.9. The monoisotopic (exact) mass is 527 g/mol. The number of anilines is 2. The summed E-state index contributed by atoms with van der Waals surface area (Å²) in [6.45, 7) is 0. The molecule has 2 N–H and O–H groups in total. The summed E-state index contributed by atoms with van der Waals surface area (Å²) >= 11 is 31.1. The molecule has 32 heavy (non-hydrogen) atoms. The van der Waals surface area contributed by atoms with E-state index in [1.165, 1.54) is 12.1 Å². The molecule has 1 aliphatic rings. The summed E-state index contributed by atoms with van der Waals surface area (Å²) in [5.74, 6) is -1.72. The average Bonchev–Trinajstić information content (AvgIpc) is 3.31. The van der Waals surface area contributed by atoms with Gasteiger partial charge in [0.25, 0.3) is 5.91 Å². The van der Waals surface area contributed by atoms with E-state index in [9.17, 15) is 9.59 Å². The normalized spacial score (nSPS) is 18.7. The first-order chi connectivity index (χ1) is 15.2. The van der Waals surface area contributed by atoms with E-state index in [-0.39, 0.29) is 10.6 Å². The van der Waals surface area contributed by atoms with Gasteiger partial charge in [-0.05, 0) is 54.1 Å². The second-order valence-electron chi connectivity index (χ2n) is 7.19. The fraction of sp³-hybridized carbons (Fsp3) is 0.136. The van der Waals surface area contributed by atoms with E-state index in [2.05, 4.69) is 15.6 Å². The highest BCUT2D eigenvalue weighted by Crippen LogP contribution is 2.65. The SMILES string of the molecule is O=C(Nc1ccccn1)c1cc(NC(=O)[C@H]2[C@H](c3cc(Cl)cc(Cl)c3)C2(Cl)Cl)ccc1Cl. The average molecular weight is 530 g/mol. The first-order valence-electron chi connectivity index (χ1n) is 9.33. The van der Waals surface area contributed by atoms with E-state index in [4.69, 9.17) is 58.0 Å². The van der Waals surface area contributed by atoms with Gasteiger partial charge in [0.2, 0.25) is 5.91 Å². The number of nitrogens with zero attached hydrogens (tertiary/aromatic N) is 1. The zero-order chi connectivity index (χ0) is 23.0. The Bertz CT molecular complexity index is 1180. The minimum absolute atomic E-state index is 0.173. The highest BCUT2D eigenvalue weighted by Gasteiger charge is 2.67. The zero-order valence-electron chi connectivity index (χ0n) is 16.1. The van der Waals surface area contributed by atoms with Crippen molar-refractivity contribution in [2.24, 2.45) is 5.92 Å². The van der Waals surface area contributed by atoms with Gasteiger partial charge in [-0.25, -0.2) is 4.98 Å². The van der Waals surface area contributed by atoms with Crippen LogP contribution in [0.4, 0.5) is 11.5 Å². The number of nitrogens with one attached hydrogen (secondary N) is 2. The molecule has 0 saturated heterocycles. The second-order valence-corrected chi connectivity index (χ2v) is 9.91. The number of aromatic nitrogens is 1. The summed E-state index contributed by atoms with van der Waals surface area (Å²) in [5.41, 5.74) is 1.20. The van der Waals surface area contributed by atoms with Crippen molar-refractivity contribution in [2.45, 2.75) is 10.3 Å². The molecule has 1 aliphatic carbocycles. The second kappa shape index (κ2) is 9.08. The Morgan fingerprint density at radius 1 is 0.906 bits per heavy atom. The number of alkyl halides is 2. The van der Waals surface area contributed by atoms with E-state index < -0.39 is 28.0 Å². The minimum atomic E-state index is -1.32. The molecule has 1 saturated carbocycles. The quantitative estimate of drug-likeness (QED) is 0.356. The molecule has 0 radical (unpaired) electrons. The Balaban J connectivity index is 1.51. The Labute approximate surface area is 209 Å². The third kappa shape index (κ3) is 4.82. The third-order valence-electron chi connectivity index (χ3n) is 4.97. The molecule has 1 aromatic heterocycles. The van der Waals surface area contributed by atoms with Crippen molar-refractivity contribution < 1.29 is 9.59 Å². The molecule has 10 heteroatoms. The Morgan fingerprint density at radius 2 is 1.62 bits per heavy atom. The number of carbonyl (C=O) groups excluding carboxylic acids is 2. The van der Waals surface area contributed by atoms with Crippen LogP contribution < -0.4 is 10.6 Å². The van der Waals surface area contributed by atoms with Crippen molar-refractivity contribution in [1.29, 1.82) is 0 Å². The van der Waals surface area contributed by atoms with Gasteiger partial charge >= 0.3 is 0 Å². The molecule has 1 heterocycles. The van der Waals surface area contributed by atoms with E-state index in [0.29, 0.717) is 27.1 Å². The predicted octanol–water partition coefficient (Wildman–Crippen LogP) is 6.82. The molecule has 2 amide bonds. The van der Waals surface area contributed by atoms with Crippen LogP contribution in [-0.2, 0) is 4.79 Å². The molecule has 0 bridgehead atoms. The highest BCUT2D eigenvalue weighted by atomic mass is 35.5. The van der Waals surface area contributed by atoms with Gasteiger partial charge < -0.3 is 10.6 Å². The molecule has 3 aromatic rings. The minimum Gasteiger partial charge on any atom is -0.326 e. The highest BCUT2D eigenvalue weighted by molar-refractivity contribution is 6.53. The fourth-order valence-electron chi connectivity index (χ4n) is 3.44. The molecule has 4 rings (SSSR count). The van der Waals surface area contributed by atoms with Gasteiger partial charge in [0.1, 0.15) is 10.2 Å². The largest absolute Gasteiger partial charge is 0.326 e. The first-order valence-corrected chi connectivity index (χ1v) is 11.2. The van der Waals surface area contributed by atoms with Crippen molar-refractivity contribution >= 4 is 81.3 Å². The molecule has 0 spiro atoms. The molecule has 0 aliphatic heterocycles. The topological polar surface area (TPSA) is 71.1 Å². The maximum absolute atomic E-state index is 12.9. The summed E-state index contributed by atoms with van der Waals surface area (Å²) in [6.07, 6.45) is 1.55. The van der Waals surface area contributed by atoms with Crippen LogP contribution in [0.25, 0.3) is 0 Å². The molecule has 2 atom stereocenters. The molecular weight excluding hydrogens is 516 g/mol. The summed E-state index contributed by atoms with van der Waals surface area (Å²) in [5, 5.41) is 6.46. The fourth-order valence-corrected chi connectivity index (χ4v) is 5.01. The van der Waals surface area contributed by atoms with Gasteiger partial charge in [0.05, 0.1) is 16.5 Å². The lowest BCUT2D eigenvalue weighted by Gasteiger charge is -2.10. The Hall–Kier alpha value is -2.02. The van der Waals surface area contributed by atoms with Crippen LogP contribution in [0, 0.1) is 5.92 Å². The molecule has 0 unspecified atom stereocenters. The van der Waals surface area contributed by atoms with Gasteiger partial charge in [-0.15, -0.1) is 23.2 Å². The molecule has 2 aromatic carbocycles. The van der Waals surface area contributed by atoms with Gasteiger partial charge in [0, 0.05) is 27.8 Å². The lowest BCUT2D eigenvalue weighted by Crippen LogP contribution is -2.18. The number of hydrogen-bond donors (Lipinski definition) is 2. The zero-order valence-corrected chi connectivity index (χ0v) is 19.9. The maximum Gasteiger partial charge on any atom is 0.258 e. The number of carbonyl (C=O) groups is 2. The lowest BCUT2D eigenvalue weighted by molar-refractivity contribution is -0.117. The van der Waals surface area contributed by atoms with Gasteiger partial charge in [-0.1, -0.05) is 40.9 Å². The van der Waals surface area contributed by atoms with Gasteiger partial charge in [0.15, 0.2) is 0 Å². The van der Waals surface area contributed by atoms with Crippen LogP contribution in [0.15, 0.2) is 60.8 Å². The van der Waals surface area contributed by atoms with Crippen molar-refractivity contribution in [3.8, 4) is 0 Å². The van der Waals surface area contributed by atoms with Crippen molar-refractivity contribution in [3.05, 3.63) is 87.0 Å². The van der Waals surface area contributed by atoms with Crippen LogP contribution in [-0.4, -0.2) is 21.1 Å². The number of pyridine rings is 1. The van der Waals surface area contributed by atoms with Crippen LogP contribution in [0.3, 0.4) is 0 Å². The van der Waals surface area contributed by atoms with Crippen molar-refractivity contribution in [1.82, 2.24) is 4.98 Å². The van der Waals surface area contributed by atoms with Gasteiger partial charge in [-0.3, -0.25) is 9.59 Å². The van der Waals surface area contributed by atoms with Crippen molar-refractivity contribution in [3.63, 3.8) is 0 Å². The first kappa shape index (κ1) is 23.1. The number of amides is 2. The van der Waals surface area contributed by atoms with E-state index >= 15 is 0 Å². The summed E-state index contributed by atoms with van der Waals surface area (Å²) in [7, 11) is 0. The van der Waals surface area contributed by atoms with E-state index in [0.717, 1.165) is 0 Å². The number of hydrogen-bond acceptors (Lipinski definition) is 3. The molecule has 164 valence electrons. The lowest BCUT2D eigenvalue weighted by atomic mass is 10.1. The standard InChI is InChI=1S/C22H14Cl5N3O2/c23-12-7-11(8-13(24)9-12)18-19(22(18,26)27)21(32)29-14-4-5-16(25)15(10-14)20(31)30-17-3-1-2-6-28-17/h1-10,18-19H,(H,29,32)(H,28,30,31)/t18-,19+/m0/s1. The number of halogens is 5. The Kier molecular flexibility index (Phi) is 6.57. The van der Waals surface area contributed by atoms with Gasteiger partial charge in [-0.2, -0.15) is 0 Å². The molecule has 1 fully saturated rings. The third-order valence-corrected chi connectivity index (χ3v) is 6.67. The van der Waals surface area contributed by atoms with Crippen LogP contribution in [0.2, 0.25) is 15.1 Å². The van der Waals surface area contributed by atoms with E-state index in [1.807, 2.05) is 0 Å². The summed E-state index contributed by atoms with van der Waals surface area (Å²) < 4.78 is -1.32. The molecule has 5 nitrogen and oxygen atoms in total. The number of benzene rings is 2. The smallest absolute Gasteiger partial charge is 0.258 e. The summed E-state index contributed by atoms with van der Waals surface area (Å²) in [6, 6.07) is 14.6. The molecular formula is C22H14Cl5N3O2. The van der Waals surface area contributed by atoms with E-state index in [1.54, 1.807) is 48.7 Å². The predicted molar refractivity (Wildman–Crippen MR) is 129 cm³/mol. The van der Waals surface area contributed by atoms with Crippen LogP contribution >= 0.6 is 58.0 Å².